The molecule has 2 unspecified atom stereocenters. The molecule has 1 aliphatic rings. The zero-order chi connectivity index (χ0) is 15.4. The van der Waals surface area contributed by atoms with Gasteiger partial charge in [0.1, 0.15) is 5.84 Å². The number of para-hydroxylation sites is 1. The summed E-state index contributed by atoms with van der Waals surface area (Å²) in [4.78, 5) is 12.3. The number of hydrogen-bond acceptors (Lipinski definition) is 5. The van der Waals surface area contributed by atoms with Gasteiger partial charge in [0.2, 0.25) is 0 Å². The van der Waals surface area contributed by atoms with E-state index in [9.17, 15) is 9.90 Å². The predicted octanol–water partition coefficient (Wildman–Crippen LogP) is 1.05. The molecule has 0 heterocycles. The molecule has 0 aliphatic heterocycles. The van der Waals surface area contributed by atoms with Crippen molar-refractivity contribution in [1.29, 1.82) is 0 Å². The summed E-state index contributed by atoms with van der Waals surface area (Å²) in [5.41, 5.74) is 5.78. The van der Waals surface area contributed by atoms with Crippen molar-refractivity contribution in [2.75, 3.05) is 7.11 Å². The van der Waals surface area contributed by atoms with Gasteiger partial charge < -0.3 is 26.1 Å². The molecule has 0 radical (unpaired) electrons. The van der Waals surface area contributed by atoms with Crippen LogP contribution in [0.1, 0.15) is 29.6 Å². The van der Waals surface area contributed by atoms with Gasteiger partial charge in [0.15, 0.2) is 11.5 Å². The van der Waals surface area contributed by atoms with Crippen LogP contribution in [0, 0.1) is 5.92 Å². The van der Waals surface area contributed by atoms with Crippen molar-refractivity contribution in [3.63, 3.8) is 0 Å². The standard InChI is InChI=1S/C14H19N3O4/c1-21-11-7-3-5-9(12(11)18)14(19)16-10-6-2-4-8(10)13(15)17-20/h3,5,7-8,10,18,20H,2,4,6H2,1H3,(H2,15,17)(H,16,19). The molecule has 1 fully saturated rings. The Morgan fingerprint density at radius 2 is 2.24 bits per heavy atom. The normalized spacial score (nSPS) is 22.0. The Bertz CT molecular complexity index is 559. The Morgan fingerprint density at radius 1 is 1.48 bits per heavy atom. The van der Waals surface area contributed by atoms with Crippen molar-refractivity contribution in [3.8, 4) is 11.5 Å². The molecule has 1 aliphatic carbocycles. The Kier molecular flexibility index (Phi) is 4.52. The lowest BCUT2D eigenvalue weighted by molar-refractivity contribution is 0.0930. The van der Waals surface area contributed by atoms with Crippen LogP contribution in [0.2, 0.25) is 0 Å². The fraction of sp³-hybridized carbons (Fsp3) is 0.429. The Balaban J connectivity index is 2.15. The van der Waals surface area contributed by atoms with E-state index in [0.29, 0.717) is 0 Å². The van der Waals surface area contributed by atoms with Gasteiger partial charge in [-0.15, -0.1) is 0 Å². The lowest BCUT2D eigenvalue weighted by Crippen LogP contribution is -2.42. The van der Waals surface area contributed by atoms with Gasteiger partial charge in [-0.2, -0.15) is 0 Å². The van der Waals surface area contributed by atoms with E-state index in [1.165, 1.54) is 13.2 Å². The molecule has 7 heteroatoms. The van der Waals surface area contributed by atoms with Crippen LogP contribution in [0.25, 0.3) is 0 Å². The van der Waals surface area contributed by atoms with E-state index in [4.69, 9.17) is 15.7 Å². The zero-order valence-electron chi connectivity index (χ0n) is 11.7. The summed E-state index contributed by atoms with van der Waals surface area (Å²) in [6.07, 6.45) is 2.39. The number of methoxy groups -OCH3 is 1. The number of hydrogen-bond donors (Lipinski definition) is 4. The van der Waals surface area contributed by atoms with Crippen LogP contribution in [0.15, 0.2) is 23.4 Å². The van der Waals surface area contributed by atoms with Gasteiger partial charge in [-0.05, 0) is 25.0 Å². The van der Waals surface area contributed by atoms with Crippen LogP contribution in [-0.4, -0.2) is 35.2 Å². The van der Waals surface area contributed by atoms with Gasteiger partial charge in [-0.25, -0.2) is 0 Å². The number of amidine groups is 1. The number of oxime groups is 1. The van der Waals surface area contributed by atoms with E-state index in [0.717, 1.165) is 19.3 Å². The smallest absolute Gasteiger partial charge is 0.255 e. The first-order valence-electron chi connectivity index (χ1n) is 6.72. The number of ether oxygens (including phenoxy) is 1. The molecule has 1 saturated carbocycles. The molecule has 0 saturated heterocycles. The van der Waals surface area contributed by atoms with Crippen molar-refractivity contribution in [3.05, 3.63) is 23.8 Å². The number of nitrogens with two attached hydrogens (primary N) is 1. The average Bonchev–Trinajstić information content (AvgIpc) is 2.94. The molecule has 21 heavy (non-hydrogen) atoms. The lowest BCUT2D eigenvalue weighted by atomic mass is 10.0. The number of phenols is 1. The second-order valence-corrected chi connectivity index (χ2v) is 5.00. The molecule has 2 atom stereocenters. The van der Waals surface area contributed by atoms with E-state index >= 15 is 0 Å². The zero-order valence-corrected chi connectivity index (χ0v) is 11.7. The predicted molar refractivity (Wildman–Crippen MR) is 76.7 cm³/mol. The fourth-order valence-electron chi connectivity index (χ4n) is 2.68. The first kappa shape index (κ1) is 15.0. The molecule has 114 valence electrons. The van der Waals surface area contributed by atoms with Crippen LogP contribution in [-0.2, 0) is 0 Å². The van der Waals surface area contributed by atoms with Gasteiger partial charge in [0.05, 0.1) is 12.7 Å². The maximum absolute atomic E-state index is 12.3. The van der Waals surface area contributed by atoms with Gasteiger partial charge in [-0.3, -0.25) is 4.79 Å². The van der Waals surface area contributed by atoms with Crippen molar-refractivity contribution in [1.82, 2.24) is 5.32 Å². The number of carbonyl (C=O) groups is 1. The Hall–Kier alpha value is -2.44. The molecular weight excluding hydrogens is 274 g/mol. The summed E-state index contributed by atoms with van der Waals surface area (Å²) in [5.74, 6) is -0.439. The average molecular weight is 293 g/mol. The van der Waals surface area contributed by atoms with Gasteiger partial charge >= 0.3 is 0 Å². The van der Waals surface area contributed by atoms with Gasteiger partial charge in [0, 0.05) is 12.0 Å². The number of carbonyl (C=O) groups excluding carboxylic acids is 1. The molecule has 0 aromatic heterocycles. The second-order valence-electron chi connectivity index (χ2n) is 5.00. The summed E-state index contributed by atoms with van der Waals surface area (Å²) in [6.45, 7) is 0. The first-order valence-corrected chi connectivity index (χ1v) is 6.72. The van der Waals surface area contributed by atoms with E-state index in [1.54, 1.807) is 12.1 Å². The van der Waals surface area contributed by atoms with E-state index in [2.05, 4.69) is 10.5 Å². The van der Waals surface area contributed by atoms with Crippen molar-refractivity contribution < 1.29 is 19.8 Å². The minimum atomic E-state index is -0.408. The maximum atomic E-state index is 12.3. The number of amides is 1. The molecule has 2 rings (SSSR count). The van der Waals surface area contributed by atoms with Gasteiger partial charge in [0.25, 0.3) is 5.91 Å². The number of nitrogens with one attached hydrogen (secondary N) is 1. The van der Waals surface area contributed by atoms with Crippen LogP contribution in [0.3, 0.4) is 0 Å². The molecule has 0 spiro atoms. The number of aromatic hydroxyl groups is 1. The highest BCUT2D eigenvalue weighted by molar-refractivity contribution is 5.98. The molecular formula is C14H19N3O4. The van der Waals surface area contributed by atoms with Gasteiger partial charge in [-0.1, -0.05) is 17.6 Å². The summed E-state index contributed by atoms with van der Waals surface area (Å²) >= 11 is 0. The largest absolute Gasteiger partial charge is 0.504 e. The maximum Gasteiger partial charge on any atom is 0.255 e. The third-order valence-corrected chi connectivity index (χ3v) is 3.79. The Morgan fingerprint density at radius 3 is 2.90 bits per heavy atom. The molecule has 0 bridgehead atoms. The number of rotatable bonds is 4. The highest BCUT2D eigenvalue weighted by Crippen LogP contribution is 2.30. The molecule has 5 N–H and O–H groups in total. The lowest BCUT2D eigenvalue weighted by Gasteiger charge is -2.20. The monoisotopic (exact) mass is 293 g/mol. The third kappa shape index (κ3) is 3.01. The number of phenolic OH excluding ortho intramolecular Hbond substituents is 1. The van der Waals surface area contributed by atoms with Crippen LogP contribution in [0.5, 0.6) is 11.5 Å². The minimum Gasteiger partial charge on any atom is -0.504 e. The Labute approximate surface area is 122 Å². The topological polar surface area (TPSA) is 117 Å². The SMILES string of the molecule is COc1cccc(C(=O)NC2CCCC2C(N)=NO)c1O. The van der Waals surface area contributed by atoms with Crippen molar-refractivity contribution in [2.45, 2.75) is 25.3 Å². The number of benzene rings is 1. The van der Waals surface area contributed by atoms with Crippen molar-refractivity contribution >= 4 is 11.7 Å². The quantitative estimate of drug-likeness (QED) is 0.286. The minimum absolute atomic E-state index is 0.118. The summed E-state index contributed by atoms with van der Waals surface area (Å²) in [5, 5.41) is 24.6. The van der Waals surface area contributed by atoms with E-state index in [-0.39, 0.29) is 34.9 Å². The van der Waals surface area contributed by atoms with E-state index in [1.807, 2.05) is 0 Å². The number of nitrogens with zero attached hydrogens (tertiary/aromatic N) is 1. The summed E-state index contributed by atoms with van der Waals surface area (Å²) in [7, 11) is 1.42. The second kappa shape index (κ2) is 6.34. The molecule has 7 nitrogen and oxygen atoms in total. The molecule has 1 aromatic rings. The fourth-order valence-corrected chi connectivity index (χ4v) is 2.68. The van der Waals surface area contributed by atoms with E-state index < -0.39 is 5.91 Å². The first-order chi connectivity index (χ1) is 10.1. The van der Waals surface area contributed by atoms with Crippen molar-refractivity contribution in [2.24, 2.45) is 16.8 Å². The van der Waals surface area contributed by atoms with Crippen LogP contribution < -0.4 is 15.8 Å². The summed E-state index contributed by atoms with van der Waals surface area (Å²) in [6, 6.07) is 4.50. The highest BCUT2D eigenvalue weighted by Gasteiger charge is 2.32. The summed E-state index contributed by atoms with van der Waals surface area (Å²) < 4.78 is 4.98. The molecule has 1 amide bonds. The highest BCUT2D eigenvalue weighted by atomic mass is 16.5. The molecule has 1 aromatic carbocycles. The van der Waals surface area contributed by atoms with Crippen LogP contribution in [0.4, 0.5) is 0 Å². The van der Waals surface area contributed by atoms with Crippen LogP contribution >= 0.6 is 0 Å². The third-order valence-electron chi connectivity index (χ3n) is 3.79.